The molecule has 2 rings (SSSR count). The molecule has 1 aromatic carbocycles. The molecule has 1 aromatic heterocycles. The number of ether oxygens (including phenoxy) is 1. The second kappa shape index (κ2) is 4.81. The number of aldehydes is 1. The number of halogens is 3. The number of carbonyl (C=O) groups is 1. The maximum Gasteiger partial charge on any atom is 0.419 e. The van der Waals surface area contributed by atoms with Gasteiger partial charge in [-0.25, -0.2) is 0 Å². The van der Waals surface area contributed by atoms with Crippen molar-refractivity contribution in [3.63, 3.8) is 0 Å². The van der Waals surface area contributed by atoms with Crippen LogP contribution >= 0.6 is 11.3 Å². The normalized spacial score (nSPS) is 11.3. The summed E-state index contributed by atoms with van der Waals surface area (Å²) in [6.45, 7) is 0. The van der Waals surface area contributed by atoms with Crippen LogP contribution in [0.1, 0.15) is 15.2 Å². The Morgan fingerprint density at radius 2 is 1.83 bits per heavy atom. The Morgan fingerprint density at radius 1 is 1.11 bits per heavy atom. The number of alkyl halides is 3. The molecule has 1 heterocycles. The Morgan fingerprint density at radius 3 is 2.44 bits per heavy atom. The second-order valence-electron chi connectivity index (χ2n) is 3.37. The number of thiophene rings is 1. The maximum atomic E-state index is 12.7. The van der Waals surface area contributed by atoms with Gasteiger partial charge in [0.1, 0.15) is 5.75 Å². The lowest BCUT2D eigenvalue weighted by Crippen LogP contribution is -2.06. The van der Waals surface area contributed by atoms with Crippen LogP contribution in [0.3, 0.4) is 0 Å². The lowest BCUT2D eigenvalue weighted by atomic mass is 10.2. The summed E-state index contributed by atoms with van der Waals surface area (Å²) < 4.78 is 43.2. The number of benzene rings is 1. The fraction of sp³-hybridized carbons (Fsp3) is 0.0833. The fourth-order valence-electron chi connectivity index (χ4n) is 1.35. The Labute approximate surface area is 105 Å². The van der Waals surface area contributed by atoms with Gasteiger partial charge in [0, 0.05) is 0 Å². The average Bonchev–Trinajstić information content (AvgIpc) is 2.76. The predicted octanol–water partition coefficient (Wildman–Crippen LogP) is 4.37. The first kappa shape index (κ1) is 12.6. The van der Waals surface area contributed by atoms with Crippen molar-refractivity contribution in [1.29, 1.82) is 0 Å². The zero-order valence-corrected chi connectivity index (χ0v) is 9.72. The van der Waals surface area contributed by atoms with E-state index in [1.54, 1.807) is 0 Å². The molecule has 0 N–H and O–H groups in total. The molecule has 6 heteroatoms. The van der Waals surface area contributed by atoms with Crippen molar-refractivity contribution in [3.8, 4) is 10.8 Å². The van der Waals surface area contributed by atoms with Crippen molar-refractivity contribution in [3.05, 3.63) is 46.8 Å². The minimum Gasteiger partial charge on any atom is -0.446 e. The molecular weight excluding hydrogens is 265 g/mol. The van der Waals surface area contributed by atoms with Crippen LogP contribution in [0.2, 0.25) is 0 Å². The molecule has 0 aliphatic heterocycles. The highest BCUT2D eigenvalue weighted by Gasteiger charge is 2.34. The van der Waals surface area contributed by atoms with Crippen molar-refractivity contribution < 1.29 is 22.7 Å². The Balaban J connectivity index is 2.31. The summed E-state index contributed by atoms with van der Waals surface area (Å²) in [5.74, 6) is -0.274. The summed E-state index contributed by atoms with van der Waals surface area (Å²) in [6, 6.07) is 7.89. The van der Waals surface area contributed by atoms with Crippen LogP contribution in [-0.2, 0) is 6.18 Å². The average molecular weight is 272 g/mol. The molecule has 0 atom stereocenters. The first-order chi connectivity index (χ1) is 8.50. The molecule has 0 aliphatic carbocycles. The van der Waals surface area contributed by atoms with E-state index in [9.17, 15) is 18.0 Å². The van der Waals surface area contributed by atoms with Crippen LogP contribution in [0.15, 0.2) is 36.4 Å². The highest BCUT2D eigenvalue weighted by Crippen LogP contribution is 2.39. The highest BCUT2D eigenvalue weighted by molar-refractivity contribution is 7.15. The Bertz CT molecular complexity index is 560. The third-order valence-electron chi connectivity index (χ3n) is 2.12. The Kier molecular flexibility index (Phi) is 3.38. The predicted molar refractivity (Wildman–Crippen MR) is 61.2 cm³/mol. The van der Waals surface area contributed by atoms with Gasteiger partial charge in [-0.3, -0.25) is 4.79 Å². The highest BCUT2D eigenvalue weighted by atomic mass is 32.1. The van der Waals surface area contributed by atoms with Crippen LogP contribution in [0, 0.1) is 0 Å². The quantitative estimate of drug-likeness (QED) is 0.775. The van der Waals surface area contributed by atoms with E-state index in [1.165, 1.54) is 30.3 Å². The van der Waals surface area contributed by atoms with E-state index in [4.69, 9.17) is 4.74 Å². The molecular formula is C12H7F3O2S. The summed E-state index contributed by atoms with van der Waals surface area (Å²) in [5, 5.41) is 0.244. The summed E-state index contributed by atoms with van der Waals surface area (Å²) >= 11 is 0.989. The van der Waals surface area contributed by atoms with Gasteiger partial charge in [0.05, 0.1) is 10.4 Å². The lowest BCUT2D eigenvalue weighted by Gasteiger charge is -2.11. The molecule has 0 spiro atoms. The molecule has 0 bridgehead atoms. The fourth-order valence-corrected chi connectivity index (χ4v) is 2.03. The number of para-hydroxylation sites is 1. The second-order valence-corrected chi connectivity index (χ2v) is 4.45. The molecule has 0 amide bonds. The van der Waals surface area contributed by atoms with Crippen molar-refractivity contribution in [1.82, 2.24) is 0 Å². The number of hydrogen-bond acceptors (Lipinski definition) is 3. The van der Waals surface area contributed by atoms with E-state index in [0.29, 0.717) is 11.2 Å². The molecule has 0 radical (unpaired) electrons. The van der Waals surface area contributed by atoms with Gasteiger partial charge in [-0.1, -0.05) is 23.5 Å². The summed E-state index contributed by atoms with van der Waals surface area (Å²) in [4.78, 5) is 10.9. The largest absolute Gasteiger partial charge is 0.446 e. The van der Waals surface area contributed by atoms with E-state index >= 15 is 0 Å². The summed E-state index contributed by atoms with van der Waals surface area (Å²) in [6.07, 6.45) is -3.85. The van der Waals surface area contributed by atoms with Gasteiger partial charge in [0.15, 0.2) is 11.3 Å². The molecule has 2 aromatic rings. The monoisotopic (exact) mass is 272 g/mol. The first-order valence-electron chi connectivity index (χ1n) is 4.90. The van der Waals surface area contributed by atoms with Gasteiger partial charge >= 0.3 is 6.18 Å². The van der Waals surface area contributed by atoms with Crippen LogP contribution in [0.25, 0.3) is 0 Å². The van der Waals surface area contributed by atoms with Gasteiger partial charge in [-0.2, -0.15) is 13.2 Å². The van der Waals surface area contributed by atoms with E-state index in [1.807, 2.05) is 0 Å². The molecule has 94 valence electrons. The number of carbonyl (C=O) groups excluding carboxylic acids is 1. The maximum absolute atomic E-state index is 12.7. The number of rotatable bonds is 3. The standard InChI is InChI=1S/C12H7F3O2S/c13-12(14,15)9-3-1-2-4-10(9)17-11-6-5-8(7-16)18-11/h1-7H. The topological polar surface area (TPSA) is 26.3 Å². The minimum absolute atomic E-state index is 0.244. The minimum atomic E-state index is -4.47. The smallest absolute Gasteiger partial charge is 0.419 e. The van der Waals surface area contributed by atoms with Crippen LogP contribution < -0.4 is 4.74 Å². The lowest BCUT2D eigenvalue weighted by molar-refractivity contribution is -0.138. The van der Waals surface area contributed by atoms with Gasteiger partial charge in [0.25, 0.3) is 0 Å². The van der Waals surface area contributed by atoms with Crippen LogP contribution in [0.4, 0.5) is 13.2 Å². The van der Waals surface area contributed by atoms with Crippen molar-refractivity contribution >= 4 is 17.6 Å². The Hall–Kier alpha value is -1.82. The zero-order valence-electron chi connectivity index (χ0n) is 8.90. The molecule has 0 saturated carbocycles. The van der Waals surface area contributed by atoms with Crippen molar-refractivity contribution in [2.45, 2.75) is 6.18 Å². The van der Waals surface area contributed by atoms with Gasteiger partial charge < -0.3 is 4.74 Å². The summed E-state index contributed by atoms with van der Waals surface area (Å²) in [5.41, 5.74) is -0.842. The van der Waals surface area contributed by atoms with Crippen LogP contribution in [-0.4, -0.2) is 6.29 Å². The van der Waals surface area contributed by atoms with Crippen molar-refractivity contribution in [2.24, 2.45) is 0 Å². The number of hydrogen-bond donors (Lipinski definition) is 0. The van der Waals surface area contributed by atoms with Crippen molar-refractivity contribution in [2.75, 3.05) is 0 Å². The van der Waals surface area contributed by atoms with E-state index < -0.39 is 11.7 Å². The molecule has 2 nitrogen and oxygen atoms in total. The van der Waals surface area contributed by atoms with E-state index in [0.717, 1.165) is 17.4 Å². The molecule has 0 fully saturated rings. The van der Waals surface area contributed by atoms with Crippen LogP contribution in [0.5, 0.6) is 10.8 Å². The van der Waals surface area contributed by atoms with Gasteiger partial charge in [-0.15, -0.1) is 0 Å². The summed E-state index contributed by atoms with van der Waals surface area (Å²) in [7, 11) is 0. The molecule has 0 aliphatic rings. The third kappa shape index (κ3) is 2.70. The van der Waals surface area contributed by atoms with E-state index in [2.05, 4.69) is 0 Å². The van der Waals surface area contributed by atoms with Gasteiger partial charge in [-0.05, 0) is 24.3 Å². The molecule has 0 saturated heterocycles. The van der Waals surface area contributed by atoms with Gasteiger partial charge in [0.2, 0.25) is 0 Å². The zero-order chi connectivity index (χ0) is 13.2. The SMILES string of the molecule is O=Cc1ccc(Oc2ccccc2C(F)(F)F)s1. The molecule has 0 unspecified atom stereocenters. The third-order valence-corrected chi connectivity index (χ3v) is 3.01. The van der Waals surface area contributed by atoms with E-state index in [-0.39, 0.29) is 10.8 Å². The first-order valence-corrected chi connectivity index (χ1v) is 5.71. The molecule has 18 heavy (non-hydrogen) atoms.